The Morgan fingerprint density at radius 3 is 2.89 bits per heavy atom. The molecule has 1 aromatic heterocycles. The predicted molar refractivity (Wildman–Crippen MR) is 73.3 cm³/mol. The number of hydrogen-bond donors (Lipinski definition) is 2. The predicted octanol–water partition coefficient (Wildman–Crippen LogP) is 2.28. The van der Waals surface area contributed by atoms with Crippen molar-refractivity contribution in [3.05, 3.63) is 16.3 Å². The molecule has 0 radical (unpaired) electrons. The van der Waals surface area contributed by atoms with Gasteiger partial charge in [-0.05, 0) is 24.3 Å². The van der Waals surface area contributed by atoms with E-state index in [-0.39, 0.29) is 18.4 Å². The minimum absolute atomic E-state index is 0.128. The lowest BCUT2D eigenvalue weighted by Gasteiger charge is -2.29. The number of ether oxygens (including phenoxy) is 1. The van der Waals surface area contributed by atoms with E-state index in [4.69, 9.17) is 4.74 Å². The van der Waals surface area contributed by atoms with Crippen molar-refractivity contribution in [2.45, 2.75) is 32.8 Å². The zero-order valence-electron chi connectivity index (χ0n) is 11.3. The van der Waals surface area contributed by atoms with Gasteiger partial charge in [0.2, 0.25) is 0 Å². The molecule has 0 unspecified atom stereocenters. The Hall–Kier alpha value is -1.07. The molecule has 1 amide bonds. The Morgan fingerprint density at radius 1 is 1.67 bits per heavy atom. The first-order valence-corrected chi connectivity index (χ1v) is 6.92. The van der Waals surface area contributed by atoms with Gasteiger partial charge in [0.15, 0.2) is 0 Å². The number of methoxy groups -OCH3 is 1. The maximum absolute atomic E-state index is 12.0. The highest BCUT2D eigenvalue weighted by atomic mass is 32.1. The Kier molecular flexibility index (Phi) is 5.16. The van der Waals surface area contributed by atoms with Gasteiger partial charge >= 0.3 is 0 Å². The Labute approximate surface area is 112 Å². The summed E-state index contributed by atoms with van der Waals surface area (Å²) in [5.74, 6) is 0.495. The molecular weight excluding hydrogens is 250 g/mol. The Morgan fingerprint density at radius 2 is 2.33 bits per heavy atom. The molecule has 0 saturated heterocycles. The SMILES string of the molecule is CC[C@@H](C)[C@@](C)(O)CNC(=O)c1sccc1OC. The third-order valence-electron chi connectivity index (χ3n) is 3.34. The largest absolute Gasteiger partial charge is 0.495 e. The Balaban J connectivity index is 2.62. The van der Waals surface area contributed by atoms with Crippen LogP contribution >= 0.6 is 11.3 Å². The molecule has 2 atom stereocenters. The molecule has 18 heavy (non-hydrogen) atoms. The van der Waals surface area contributed by atoms with Gasteiger partial charge in [-0.1, -0.05) is 20.3 Å². The molecule has 0 bridgehead atoms. The quantitative estimate of drug-likeness (QED) is 0.834. The first-order valence-electron chi connectivity index (χ1n) is 6.04. The molecule has 102 valence electrons. The molecule has 1 rings (SSSR count). The molecule has 2 N–H and O–H groups in total. The first kappa shape index (κ1) is 15.0. The van der Waals surface area contributed by atoms with Gasteiger partial charge in [-0.2, -0.15) is 0 Å². The van der Waals surface area contributed by atoms with Gasteiger partial charge in [-0.15, -0.1) is 11.3 Å². The summed E-state index contributed by atoms with van der Waals surface area (Å²) >= 11 is 1.33. The second-order valence-electron chi connectivity index (χ2n) is 4.67. The molecule has 4 nitrogen and oxygen atoms in total. The highest BCUT2D eigenvalue weighted by Crippen LogP contribution is 2.24. The number of amides is 1. The number of carbonyl (C=O) groups excluding carboxylic acids is 1. The number of hydrogen-bond acceptors (Lipinski definition) is 4. The zero-order valence-corrected chi connectivity index (χ0v) is 12.1. The highest BCUT2D eigenvalue weighted by Gasteiger charge is 2.28. The van der Waals surface area contributed by atoms with E-state index in [2.05, 4.69) is 5.32 Å². The van der Waals surface area contributed by atoms with Crippen LogP contribution in [0, 0.1) is 5.92 Å². The van der Waals surface area contributed by atoms with Crippen LogP contribution in [0.25, 0.3) is 0 Å². The maximum Gasteiger partial charge on any atom is 0.265 e. The van der Waals surface area contributed by atoms with Gasteiger partial charge in [0, 0.05) is 6.54 Å². The highest BCUT2D eigenvalue weighted by molar-refractivity contribution is 7.12. The fourth-order valence-electron chi connectivity index (χ4n) is 1.58. The monoisotopic (exact) mass is 271 g/mol. The lowest BCUT2D eigenvalue weighted by atomic mass is 9.88. The van der Waals surface area contributed by atoms with Gasteiger partial charge < -0.3 is 15.2 Å². The van der Waals surface area contributed by atoms with Crippen LogP contribution in [0.3, 0.4) is 0 Å². The summed E-state index contributed by atoms with van der Waals surface area (Å²) in [5, 5.41) is 14.8. The first-order chi connectivity index (χ1) is 8.42. The summed E-state index contributed by atoms with van der Waals surface area (Å²) in [7, 11) is 1.54. The van der Waals surface area contributed by atoms with Crippen LogP contribution in [-0.2, 0) is 0 Å². The van der Waals surface area contributed by atoms with Crippen LogP contribution in [-0.4, -0.2) is 30.3 Å². The molecule has 0 aliphatic rings. The van der Waals surface area contributed by atoms with Crippen LogP contribution in [0.5, 0.6) is 5.75 Å². The lowest BCUT2D eigenvalue weighted by Crippen LogP contribution is -2.44. The molecule has 5 heteroatoms. The molecule has 1 heterocycles. The summed E-state index contributed by atoms with van der Waals surface area (Å²) in [4.78, 5) is 12.5. The third-order valence-corrected chi connectivity index (χ3v) is 4.23. The summed E-state index contributed by atoms with van der Waals surface area (Å²) in [6.07, 6.45) is 0.866. The standard InChI is InChI=1S/C13H21NO3S/c1-5-9(2)13(3,16)8-14-12(15)11-10(17-4)6-7-18-11/h6-7,9,16H,5,8H2,1-4H3,(H,14,15)/t9-,13+/m1/s1. The minimum Gasteiger partial charge on any atom is -0.495 e. The van der Waals surface area contributed by atoms with E-state index in [1.165, 1.54) is 18.4 Å². The number of nitrogens with one attached hydrogen (secondary N) is 1. The molecule has 0 spiro atoms. The van der Waals surface area contributed by atoms with Crippen molar-refractivity contribution >= 4 is 17.2 Å². The summed E-state index contributed by atoms with van der Waals surface area (Å²) < 4.78 is 5.09. The van der Waals surface area contributed by atoms with Crippen LogP contribution in [0.4, 0.5) is 0 Å². The second kappa shape index (κ2) is 6.20. The van der Waals surface area contributed by atoms with Crippen LogP contribution in [0.15, 0.2) is 11.4 Å². The van der Waals surface area contributed by atoms with E-state index in [9.17, 15) is 9.90 Å². The normalized spacial score (nSPS) is 15.8. The smallest absolute Gasteiger partial charge is 0.265 e. The van der Waals surface area contributed by atoms with Crippen molar-refractivity contribution in [2.24, 2.45) is 5.92 Å². The van der Waals surface area contributed by atoms with Crippen LogP contribution < -0.4 is 10.1 Å². The van der Waals surface area contributed by atoms with Crippen LogP contribution in [0.1, 0.15) is 36.9 Å². The van der Waals surface area contributed by atoms with E-state index in [1.807, 2.05) is 13.8 Å². The van der Waals surface area contributed by atoms with E-state index < -0.39 is 5.60 Å². The van der Waals surface area contributed by atoms with E-state index in [1.54, 1.807) is 18.4 Å². The molecule has 0 aliphatic carbocycles. The molecular formula is C13H21NO3S. The van der Waals surface area contributed by atoms with E-state index >= 15 is 0 Å². The number of thiophene rings is 1. The fraction of sp³-hybridized carbons (Fsp3) is 0.615. The third kappa shape index (κ3) is 3.46. The Bertz CT molecular complexity index is 401. The topological polar surface area (TPSA) is 58.6 Å². The van der Waals surface area contributed by atoms with Crippen molar-refractivity contribution < 1.29 is 14.6 Å². The average Bonchev–Trinajstić information content (AvgIpc) is 2.83. The van der Waals surface area contributed by atoms with Gasteiger partial charge in [0.05, 0.1) is 12.7 Å². The van der Waals surface area contributed by atoms with Crippen LogP contribution in [0.2, 0.25) is 0 Å². The average molecular weight is 271 g/mol. The van der Waals surface area contributed by atoms with Crippen molar-refractivity contribution in [3.63, 3.8) is 0 Å². The molecule has 0 saturated carbocycles. The van der Waals surface area contributed by atoms with Gasteiger partial charge in [-0.25, -0.2) is 0 Å². The van der Waals surface area contributed by atoms with Crippen molar-refractivity contribution in [3.8, 4) is 5.75 Å². The second-order valence-corrected chi connectivity index (χ2v) is 5.58. The molecule has 0 aliphatic heterocycles. The zero-order chi connectivity index (χ0) is 13.8. The molecule has 1 aromatic rings. The van der Waals surface area contributed by atoms with Gasteiger partial charge in [0.1, 0.15) is 10.6 Å². The molecule has 0 aromatic carbocycles. The summed E-state index contributed by atoms with van der Waals surface area (Å²) in [6.45, 7) is 5.97. The van der Waals surface area contributed by atoms with E-state index in [0.717, 1.165) is 6.42 Å². The van der Waals surface area contributed by atoms with E-state index in [0.29, 0.717) is 10.6 Å². The van der Waals surface area contributed by atoms with Gasteiger partial charge in [-0.3, -0.25) is 4.79 Å². The maximum atomic E-state index is 12.0. The summed E-state index contributed by atoms with van der Waals surface area (Å²) in [6, 6.07) is 1.76. The summed E-state index contributed by atoms with van der Waals surface area (Å²) in [5.41, 5.74) is -0.894. The number of carbonyl (C=O) groups is 1. The minimum atomic E-state index is -0.894. The van der Waals surface area contributed by atoms with Crippen molar-refractivity contribution in [1.82, 2.24) is 5.32 Å². The van der Waals surface area contributed by atoms with Crippen molar-refractivity contribution in [1.29, 1.82) is 0 Å². The molecule has 0 fully saturated rings. The van der Waals surface area contributed by atoms with Crippen molar-refractivity contribution in [2.75, 3.05) is 13.7 Å². The number of rotatable bonds is 6. The fourth-order valence-corrected chi connectivity index (χ4v) is 2.35. The lowest BCUT2D eigenvalue weighted by molar-refractivity contribution is 0.00594. The number of aliphatic hydroxyl groups is 1. The van der Waals surface area contributed by atoms with Gasteiger partial charge in [0.25, 0.3) is 5.91 Å².